The number of nitrogens with one attached hydrogen (secondary N) is 1. The molecule has 11 heteroatoms. The number of aryl methyl sites for hydroxylation is 1. The quantitative estimate of drug-likeness (QED) is 0.653. The number of amides is 1. The fourth-order valence-electron chi connectivity index (χ4n) is 3.02. The molecule has 1 aliphatic rings. The van der Waals surface area contributed by atoms with Crippen molar-refractivity contribution in [2.24, 2.45) is 0 Å². The molecule has 0 saturated carbocycles. The highest BCUT2D eigenvalue weighted by molar-refractivity contribution is 7.89. The van der Waals surface area contributed by atoms with Gasteiger partial charge in [-0.3, -0.25) is 4.79 Å². The lowest BCUT2D eigenvalue weighted by atomic mass is 10.2. The molecule has 0 atom stereocenters. The molecule has 1 aliphatic heterocycles. The molecule has 7 nitrogen and oxygen atoms in total. The van der Waals surface area contributed by atoms with Gasteiger partial charge in [0.25, 0.3) is 0 Å². The van der Waals surface area contributed by atoms with Crippen molar-refractivity contribution in [1.29, 1.82) is 0 Å². The van der Waals surface area contributed by atoms with Crippen molar-refractivity contribution >= 4 is 27.7 Å². The van der Waals surface area contributed by atoms with E-state index in [2.05, 4.69) is 10.1 Å². The maximum atomic E-state index is 12.9. The number of halogens is 3. The van der Waals surface area contributed by atoms with Crippen LogP contribution in [0.2, 0.25) is 0 Å². The number of anilines is 1. The summed E-state index contributed by atoms with van der Waals surface area (Å²) < 4.78 is 72.8. The number of sulfonamides is 1. The lowest BCUT2D eigenvalue weighted by molar-refractivity contribution is -0.274. The summed E-state index contributed by atoms with van der Waals surface area (Å²) in [6, 6.07) is 9.58. The zero-order chi connectivity index (χ0) is 23.4. The third kappa shape index (κ3) is 6.31. The van der Waals surface area contributed by atoms with Gasteiger partial charge in [0.15, 0.2) is 0 Å². The van der Waals surface area contributed by atoms with Crippen molar-refractivity contribution in [3.05, 3.63) is 59.7 Å². The summed E-state index contributed by atoms with van der Waals surface area (Å²) >= 11 is 0. The Morgan fingerprint density at radius 1 is 1.12 bits per heavy atom. The van der Waals surface area contributed by atoms with Crippen LogP contribution in [-0.2, 0) is 19.6 Å². The molecule has 1 saturated heterocycles. The Hall–Kier alpha value is -2.89. The monoisotopic (exact) mass is 470 g/mol. The van der Waals surface area contributed by atoms with Gasteiger partial charge in [0.05, 0.1) is 18.1 Å². The van der Waals surface area contributed by atoms with Crippen LogP contribution in [0.1, 0.15) is 11.1 Å². The third-order valence-corrected chi connectivity index (χ3v) is 6.63. The number of hydrogen-bond donors (Lipinski definition) is 1. The second kappa shape index (κ2) is 9.72. The summed E-state index contributed by atoms with van der Waals surface area (Å²) in [5, 5.41) is 2.59. The van der Waals surface area contributed by atoms with Gasteiger partial charge in [0.1, 0.15) is 5.75 Å². The van der Waals surface area contributed by atoms with Crippen LogP contribution >= 0.6 is 0 Å². The third-order valence-electron chi connectivity index (χ3n) is 4.58. The molecule has 0 spiro atoms. The Morgan fingerprint density at radius 2 is 1.78 bits per heavy atom. The number of hydrogen-bond acceptors (Lipinski definition) is 5. The van der Waals surface area contributed by atoms with E-state index in [0.29, 0.717) is 30.0 Å². The molecule has 0 bridgehead atoms. The van der Waals surface area contributed by atoms with Gasteiger partial charge in [-0.2, -0.15) is 4.31 Å². The van der Waals surface area contributed by atoms with Crippen LogP contribution in [0.4, 0.5) is 18.9 Å². The molecule has 1 heterocycles. The predicted octanol–water partition coefficient (Wildman–Crippen LogP) is 3.57. The first-order chi connectivity index (χ1) is 15.0. The normalized spacial score (nSPS) is 15.6. The van der Waals surface area contributed by atoms with Crippen LogP contribution in [0.15, 0.2) is 53.4 Å². The number of nitrogens with zero attached hydrogens (tertiary/aromatic N) is 1. The predicted molar refractivity (Wildman–Crippen MR) is 112 cm³/mol. The fourth-order valence-corrected chi connectivity index (χ4v) is 4.68. The molecule has 1 N–H and O–H groups in total. The molecule has 0 aromatic heterocycles. The van der Waals surface area contributed by atoms with Crippen molar-refractivity contribution < 1.29 is 35.9 Å². The number of carbonyl (C=O) groups excluding carboxylic acids is 1. The average Bonchev–Trinajstić information content (AvgIpc) is 2.74. The van der Waals surface area contributed by atoms with Crippen molar-refractivity contribution in [1.82, 2.24) is 4.31 Å². The van der Waals surface area contributed by atoms with E-state index in [-0.39, 0.29) is 23.7 Å². The topological polar surface area (TPSA) is 84.9 Å². The maximum Gasteiger partial charge on any atom is 0.573 e. The first-order valence-electron chi connectivity index (χ1n) is 9.58. The Bertz CT molecular complexity index is 1090. The number of ether oxygens (including phenoxy) is 2. The average molecular weight is 470 g/mol. The van der Waals surface area contributed by atoms with Gasteiger partial charge in [-0.05, 0) is 48.4 Å². The molecule has 1 amide bonds. The minimum absolute atomic E-state index is 0.0985. The van der Waals surface area contributed by atoms with Gasteiger partial charge >= 0.3 is 6.36 Å². The van der Waals surface area contributed by atoms with Gasteiger partial charge in [-0.15, -0.1) is 13.2 Å². The SMILES string of the molecule is Cc1ccc(NC(=O)/C=C/c2ccc(OC(F)(F)F)cc2)cc1S(=O)(=O)N1CCOCC1. The standard InChI is InChI=1S/C21H21F3N2O5S/c1-15-2-6-17(14-19(15)32(28,29)26-10-12-30-13-11-26)25-20(27)9-5-16-3-7-18(8-4-16)31-21(22,23)24/h2-9,14H,10-13H2,1H3,(H,25,27)/b9-5+. The van der Waals surface area contributed by atoms with Crippen LogP contribution in [0.3, 0.4) is 0 Å². The summed E-state index contributed by atoms with van der Waals surface area (Å²) in [6.45, 7) is 2.83. The molecule has 2 aromatic rings. The van der Waals surface area contributed by atoms with Crippen molar-refractivity contribution in [2.75, 3.05) is 31.6 Å². The smallest absolute Gasteiger partial charge is 0.406 e. The van der Waals surface area contributed by atoms with Gasteiger partial charge in [0, 0.05) is 24.9 Å². The van der Waals surface area contributed by atoms with Crippen LogP contribution in [0.25, 0.3) is 6.08 Å². The van der Waals surface area contributed by atoms with Crippen molar-refractivity contribution in [3.8, 4) is 5.75 Å². The van der Waals surface area contributed by atoms with Gasteiger partial charge in [0.2, 0.25) is 15.9 Å². The Balaban J connectivity index is 1.68. The van der Waals surface area contributed by atoms with Crippen LogP contribution in [0.5, 0.6) is 5.75 Å². The molecule has 32 heavy (non-hydrogen) atoms. The molecule has 0 unspecified atom stereocenters. The van der Waals surface area contributed by atoms with E-state index in [0.717, 1.165) is 12.1 Å². The van der Waals surface area contributed by atoms with E-state index in [1.807, 2.05) is 0 Å². The number of morpholine rings is 1. The molecule has 0 radical (unpaired) electrons. The minimum Gasteiger partial charge on any atom is -0.406 e. The highest BCUT2D eigenvalue weighted by Crippen LogP contribution is 2.25. The Kier molecular flexibility index (Phi) is 7.22. The Morgan fingerprint density at radius 3 is 2.41 bits per heavy atom. The number of alkyl halides is 3. The summed E-state index contributed by atoms with van der Waals surface area (Å²) in [7, 11) is -3.73. The van der Waals surface area contributed by atoms with E-state index < -0.39 is 22.3 Å². The maximum absolute atomic E-state index is 12.9. The van der Waals surface area contributed by atoms with Crippen LogP contribution in [-0.4, -0.2) is 51.3 Å². The molecule has 172 valence electrons. The number of rotatable bonds is 6. The second-order valence-electron chi connectivity index (χ2n) is 6.94. The lowest BCUT2D eigenvalue weighted by Crippen LogP contribution is -2.40. The highest BCUT2D eigenvalue weighted by Gasteiger charge is 2.31. The lowest BCUT2D eigenvalue weighted by Gasteiger charge is -2.26. The molecule has 3 rings (SSSR count). The molecular formula is C21H21F3N2O5S. The van der Waals surface area contributed by atoms with Crippen LogP contribution < -0.4 is 10.1 Å². The van der Waals surface area contributed by atoms with E-state index in [1.165, 1.54) is 34.7 Å². The highest BCUT2D eigenvalue weighted by atomic mass is 32.2. The molecule has 2 aromatic carbocycles. The van der Waals surface area contributed by atoms with Crippen LogP contribution in [0, 0.1) is 6.92 Å². The molecule has 1 fully saturated rings. The first kappa shape index (κ1) is 23.8. The number of carbonyl (C=O) groups is 1. The zero-order valence-electron chi connectivity index (χ0n) is 17.1. The molecule has 0 aliphatic carbocycles. The summed E-state index contributed by atoms with van der Waals surface area (Å²) in [6.07, 6.45) is -2.18. The van der Waals surface area contributed by atoms with E-state index in [9.17, 15) is 26.4 Å². The van der Waals surface area contributed by atoms with E-state index >= 15 is 0 Å². The zero-order valence-corrected chi connectivity index (χ0v) is 17.9. The largest absolute Gasteiger partial charge is 0.573 e. The van der Waals surface area contributed by atoms with Gasteiger partial charge in [-0.1, -0.05) is 18.2 Å². The van der Waals surface area contributed by atoms with E-state index in [1.54, 1.807) is 19.1 Å². The minimum atomic E-state index is -4.78. The first-order valence-corrected chi connectivity index (χ1v) is 11.0. The summed E-state index contributed by atoms with van der Waals surface area (Å²) in [4.78, 5) is 12.3. The second-order valence-corrected chi connectivity index (χ2v) is 8.84. The summed E-state index contributed by atoms with van der Waals surface area (Å²) in [5.74, 6) is -0.896. The summed E-state index contributed by atoms with van der Waals surface area (Å²) in [5.41, 5.74) is 1.33. The Labute approximate surface area is 183 Å². The number of benzene rings is 2. The van der Waals surface area contributed by atoms with Crippen molar-refractivity contribution in [3.63, 3.8) is 0 Å². The van der Waals surface area contributed by atoms with Gasteiger partial charge < -0.3 is 14.8 Å². The van der Waals surface area contributed by atoms with E-state index in [4.69, 9.17) is 4.74 Å². The molecular weight excluding hydrogens is 449 g/mol. The van der Waals surface area contributed by atoms with Gasteiger partial charge in [-0.25, -0.2) is 8.42 Å². The van der Waals surface area contributed by atoms with Crippen molar-refractivity contribution in [2.45, 2.75) is 18.2 Å². The fraction of sp³-hybridized carbons (Fsp3) is 0.286.